The van der Waals surface area contributed by atoms with E-state index in [9.17, 15) is 17.6 Å². The maximum atomic E-state index is 14.2. The largest absolute Gasteiger partial charge is 0.460 e. The van der Waals surface area contributed by atoms with Gasteiger partial charge in [-0.15, -0.1) is 0 Å². The predicted octanol–water partition coefficient (Wildman–Crippen LogP) is 8.03. The lowest BCUT2D eigenvalue weighted by Gasteiger charge is -2.19. The van der Waals surface area contributed by atoms with Gasteiger partial charge in [-0.25, -0.2) is 17.9 Å². The number of nitrogens with two attached hydrogens (primary N) is 1. The quantitative estimate of drug-likeness (QED) is 0.125. The molecule has 0 aliphatic rings. The Labute approximate surface area is 239 Å². The molecule has 0 aliphatic carbocycles. The van der Waals surface area contributed by atoms with E-state index in [2.05, 4.69) is 11.8 Å². The second kappa shape index (κ2) is 17.0. The Kier molecular flexibility index (Phi) is 14.2. The van der Waals surface area contributed by atoms with Crippen LogP contribution in [-0.2, 0) is 19.6 Å². The van der Waals surface area contributed by atoms with Gasteiger partial charge in [0.05, 0.1) is 10.5 Å². The molecule has 0 heterocycles. The topological polar surface area (TPSA) is 95.7 Å². The average Bonchev–Trinajstić information content (AvgIpc) is 2.87. The maximum Gasteiger partial charge on any atom is 0.306 e. The SMILES string of the molecule is CC(C)(C)OC(=O)CCCCCCCCCCCCCC#Cc1cc(Oc2ccc(S(N)(=O)=O)cc2)ccc1F. The van der Waals surface area contributed by atoms with Gasteiger partial charge in [0.2, 0.25) is 10.0 Å². The van der Waals surface area contributed by atoms with Crippen molar-refractivity contribution in [2.75, 3.05) is 0 Å². The van der Waals surface area contributed by atoms with Crippen molar-refractivity contribution in [2.45, 2.75) is 115 Å². The molecule has 0 aliphatic heterocycles. The van der Waals surface area contributed by atoms with Crippen molar-refractivity contribution in [1.82, 2.24) is 0 Å². The van der Waals surface area contributed by atoms with Gasteiger partial charge in [0.15, 0.2) is 0 Å². The molecule has 0 radical (unpaired) electrons. The van der Waals surface area contributed by atoms with Crippen LogP contribution in [0.5, 0.6) is 11.5 Å². The molecule has 0 spiro atoms. The van der Waals surface area contributed by atoms with Crippen LogP contribution in [0.4, 0.5) is 4.39 Å². The van der Waals surface area contributed by atoms with E-state index >= 15 is 0 Å². The van der Waals surface area contributed by atoms with Crippen LogP contribution in [-0.4, -0.2) is 20.0 Å². The van der Waals surface area contributed by atoms with Crippen LogP contribution in [0.1, 0.15) is 110 Å². The smallest absolute Gasteiger partial charge is 0.306 e. The zero-order valence-electron chi connectivity index (χ0n) is 24.1. The summed E-state index contributed by atoms with van der Waals surface area (Å²) in [6, 6.07) is 10.0. The molecule has 2 N–H and O–H groups in total. The van der Waals surface area contributed by atoms with Crippen molar-refractivity contribution in [3.63, 3.8) is 0 Å². The van der Waals surface area contributed by atoms with Gasteiger partial charge in [-0.1, -0.05) is 69.6 Å². The molecule has 0 atom stereocenters. The highest BCUT2D eigenvalue weighted by Crippen LogP contribution is 2.24. The van der Waals surface area contributed by atoms with Gasteiger partial charge in [-0.05, 0) is 76.1 Å². The first-order valence-electron chi connectivity index (χ1n) is 14.2. The molecule has 6 nitrogen and oxygen atoms in total. The normalized spacial score (nSPS) is 11.5. The van der Waals surface area contributed by atoms with E-state index in [1.54, 1.807) is 0 Å². The molecule has 0 amide bonds. The third-order valence-corrected chi connectivity index (χ3v) is 7.08. The highest BCUT2D eigenvalue weighted by atomic mass is 32.2. The number of primary sulfonamides is 1. The number of benzene rings is 2. The summed E-state index contributed by atoms with van der Waals surface area (Å²) in [5, 5.41) is 5.10. The molecule has 0 saturated carbocycles. The van der Waals surface area contributed by atoms with Gasteiger partial charge >= 0.3 is 5.97 Å². The van der Waals surface area contributed by atoms with Crippen LogP contribution in [0.25, 0.3) is 0 Å². The van der Waals surface area contributed by atoms with E-state index in [1.807, 2.05) is 20.8 Å². The van der Waals surface area contributed by atoms with Gasteiger partial charge in [0, 0.05) is 12.8 Å². The van der Waals surface area contributed by atoms with Crippen LogP contribution in [0, 0.1) is 17.7 Å². The highest BCUT2D eigenvalue weighted by Gasteiger charge is 2.15. The van der Waals surface area contributed by atoms with Crippen LogP contribution in [0.3, 0.4) is 0 Å². The standard InChI is InChI=1S/C32H44FNO5S/c1-32(2,3)39-31(35)18-16-14-12-10-8-6-4-5-7-9-11-13-15-17-26-25-28(21-24-30(26)33)38-27-19-22-29(23-20-27)40(34,36)37/h19-25H,4-14,16,18H2,1-3H3,(H2,34,36,37). The fourth-order valence-electron chi connectivity index (χ4n) is 4.12. The van der Waals surface area contributed by atoms with Crippen LogP contribution < -0.4 is 9.88 Å². The Bertz CT molecular complexity index is 1220. The zero-order valence-corrected chi connectivity index (χ0v) is 25.0. The number of rotatable bonds is 16. The lowest BCUT2D eigenvalue weighted by molar-refractivity contribution is -0.154. The van der Waals surface area contributed by atoms with Crippen molar-refractivity contribution in [1.29, 1.82) is 0 Å². The molecule has 8 heteroatoms. The van der Waals surface area contributed by atoms with E-state index in [0.717, 1.165) is 25.7 Å². The van der Waals surface area contributed by atoms with Crippen LogP contribution in [0.15, 0.2) is 47.4 Å². The molecule has 0 fully saturated rings. The lowest BCUT2D eigenvalue weighted by atomic mass is 10.0. The molecule has 40 heavy (non-hydrogen) atoms. The monoisotopic (exact) mass is 573 g/mol. The zero-order chi connectivity index (χ0) is 29.4. The van der Waals surface area contributed by atoms with Gasteiger partial charge in [-0.3, -0.25) is 4.79 Å². The Hall–Kier alpha value is -2.89. The van der Waals surface area contributed by atoms with E-state index in [4.69, 9.17) is 14.6 Å². The van der Waals surface area contributed by atoms with Gasteiger partial charge in [0.1, 0.15) is 22.9 Å². The highest BCUT2D eigenvalue weighted by molar-refractivity contribution is 7.89. The predicted molar refractivity (Wildman–Crippen MR) is 157 cm³/mol. The van der Waals surface area contributed by atoms with Crippen LogP contribution in [0.2, 0.25) is 0 Å². The summed E-state index contributed by atoms with van der Waals surface area (Å²) in [4.78, 5) is 11.7. The third-order valence-electron chi connectivity index (χ3n) is 6.15. The Balaban J connectivity index is 1.55. The van der Waals surface area contributed by atoms with E-state index < -0.39 is 21.4 Å². The molecule has 2 aromatic rings. The fraction of sp³-hybridized carbons (Fsp3) is 0.531. The summed E-state index contributed by atoms with van der Waals surface area (Å²) >= 11 is 0. The minimum atomic E-state index is -3.77. The molecule has 2 rings (SSSR count). The average molecular weight is 574 g/mol. The number of halogens is 1. The van der Waals surface area contributed by atoms with E-state index in [0.29, 0.717) is 24.3 Å². The minimum absolute atomic E-state index is 0.00857. The molecular formula is C32H44FNO5S. The molecule has 2 aromatic carbocycles. The summed E-state index contributed by atoms with van der Waals surface area (Å²) in [5.74, 6) is 6.27. The Morgan fingerprint density at radius 1 is 0.825 bits per heavy atom. The number of unbranched alkanes of at least 4 members (excludes halogenated alkanes) is 11. The summed E-state index contributed by atoms with van der Waals surface area (Å²) in [6.45, 7) is 5.69. The van der Waals surface area contributed by atoms with Gasteiger partial charge < -0.3 is 9.47 Å². The third kappa shape index (κ3) is 14.5. The van der Waals surface area contributed by atoms with E-state index in [1.165, 1.54) is 87.4 Å². The van der Waals surface area contributed by atoms with Crippen molar-refractivity contribution >= 4 is 16.0 Å². The van der Waals surface area contributed by atoms with Gasteiger partial charge in [0.25, 0.3) is 0 Å². The maximum absolute atomic E-state index is 14.2. The number of ether oxygens (including phenoxy) is 2. The van der Waals surface area contributed by atoms with Crippen LogP contribution >= 0.6 is 0 Å². The summed E-state index contributed by atoms with van der Waals surface area (Å²) in [6.07, 6.45) is 13.8. The number of carbonyl (C=O) groups is 1. The first kappa shape index (κ1) is 33.3. The molecule has 220 valence electrons. The Morgan fingerprint density at radius 2 is 1.35 bits per heavy atom. The van der Waals surface area contributed by atoms with Crippen molar-refractivity contribution in [3.8, 4) is 23.3 Å². The molecule has 0 unspecified atom stereocenters. The summed E-state index contributed by atoms with van der Waals surface area (Å²) in [5.41, 5.74) is -0.130. The molecular weight excluding hydrogens is 529 g/mol. The number of sulfonamides is 1. The number of hydrogen-bond acceptors (Lipinski definition) is 5. The first-order valence-corrected chi connectivity index (χ1v) is 15.8. The second-order valence-corrected chi connectivity index (χ2v) is 12.6. The number of hydrogen-bond donors (Lipinski definition) is 1. The number of esters is 1. The first-order chi connectivity index (χ1) is 18.9. The van der Waals surface area contributed by atoms with E-state index in [-0.39, 0.29) is 16.4 Å². The number of carbonyl (C=O) groups excluding carboxylic acids is 1. The lowest BCUT2D eigenvalue weighted by Crippen LogP contribution is -2.23. The minimum Gasteiger partial charge on any atom is -0.460 e. The molecule has 0 aromatic heterocycles. The fourth-order valence-corrected chi connectivity index (χ4v) is 4.64. The molecule has 0 bridgehead atoms. The Morgan fingerprint density at radius 3 is 1.90 bits per heavy atom. The van der Waals surface area contributed by atoms with Crippen molar-refractivity contribution in [3.05, 3.63) is 53.8 Å². The summed E-state index contributed by atoms with van der Waals surface area (Å²) < 4.78 is 48.0. The van der Waals surface area contributed by atoms with Crippen molar-refractivity contribution < 1.29 is 27.1 Å². The summed E-state index contributed by atoms with van der Waals surface area (Å²) in [7, 11) is -3.77. The van der Waals surface area contributed by atoms with Gasteiger partial charge in [-0.2, -0.15) is 0 Å². The molecule has 0 saturated heterocycles. The van der Waals surface area contributed by atoms with Crippen molar-refractivity contribution in [2.24, 2.45) is 5.14 Å². The second-order valence-electron chi connectivity index (χ2n) is 11.0.